The van der Waals surface area contributed by atoms with E-state index in [-0.39, 0.29) is 11.6 Å². The summed E-state index contributed by atoms with van der Waals surface area (Å²) in [7, 11) is 0. The van der Waals surface area contributed by atoms with Gasteiger partial charge in [0.05, 0.1) is 21.7 Å². The Morgan fingerprint density at radius 3 is 3.00 bits per heavy atom. The number of nitro benzene ring substituents is 1. The molecule has 0 aliphatic rings. The molecule has 0 aliphatic carbocycles. The van der Waals surface area contributed by atoms with Gasteiger partial charge in [-0.25, -0.2) is 5.43 Å². The molecule has 7 nitrogen and oxygen atoms in total. The van der Waals surface area contributed by atoms with Gasteiger partial charge in [-0.15, -0.1) is 11.3 Å². The van der Waals surface area contributed by atoms with Crippen molar-refractivity contribution in [3.63, 3.8) is 0 Å². The zero-order chi connectivity index (χ0) is 17.1. The van der Waals surface area contributed by atoms with Gasteiger partial charge in [-0.05, 0) is 31.2 Å². The maximum Gasteiger partial charge on any atom is 0.281 e. The van der Waals surface area contributed by atoms with E-state index in [2.05, 4.69) is 10.5 Å². The zero-order valence-corrected chi connectivity index (χ0v) is 13.6. The highest BCUT2D eigenvalue weighted by Crippen LogP contribution is 2.28. The minimum Gasteiger partial charge on any atom is -0.347 e. The summed E-state index contributed by atoms with van der Waals surface area (Å²) >= 11 is 1.27. The highest BCUT2D eigenvalue weighted by atomic mass is 32.1. The lowest BCUT2D eigenvalue weighted by atomic mass is 10.2. The highest BCUT2D eigenvalue weighted by molar-refractivity contribution is 7.20. The third-order valence-electron chi connectivity index (χ3n) is 3.50. The van der Waals surface area contributed by atoms with Crippen molar-refractivity contribution in [3.05, 3.63) is 63.3 Å². The van der Waals surface area contributed by atoms with E-state index >= 15 is 0 Å². The van der Waals surface area contributed by atoms with E-state index in [1.807, 2.05) is 29.8 Å². The van der Waals surface area contributed by atoms with Crippen LogP contribution in [-0.4, -0.2) is 21.6 Å². The van der Waals surface area contributed by atoms with E-state index in [1.165, 1.54) is 23.5 Å². The summed E-state index contributed by atoms with van der Waals surface area (Å²) in [6, 6.07) is 9.97. The number of non-ortho nitro benzene ring substituents is 1. The third kappa shape index (κ3) is 3.18. The van der Waals surface area contributed by atoms with Gasteiger partial charge in [0.2, 0.25) is 0 Å². The van der Waals surface area contributed by atoms with Crippen LogP contribution in [0.4, 0.5) is 5.69 Å². The van der Waals surface area contributed by atoms with Gasteiger partial charge < -0.3 is 4.57 Å². The maximum absolute atomic E-state index is 12.2. The standard InChI is InChI=1S/C16H14N4O3S/c1-2-19-7-3-4-13(19)10-17-18-16(21)15-9-11-8-12(20(22)23)5-6-14(11)24-15/h3-10H,2H2,1H3,(H,18,21)/b17-10-. The number of amides is 1. The lowest BCUT2D eigenvalue weighted by molar-refractivity contribution is -0.384. The highest BCUT2D eigenvalue weighted by Gasteiger charge is 2.12. The molecule has 0 spiro atoms. The average molecular weight is 342 g/mol. The first kappa shape index (κ1) is 15.9. The number of carbonyl (C=O) groups excluding carboxylic acids is 1. The molecule has 0 bridgehead atoms. The van der Waals surface area contributed by atoms with Gasteiger partial charge in [-0.1, -0.05) is 0 Å². The Labute approximate surface area is 141 Å². The SMILES string of the molecule is CCn1cccc1/C=N\NC(=O)c1cc2cc([N+](=O)[O-])ccc2s1. The second-order valence-corrected chi connectivity index (χ2v) is 6.09. The molecule has 24 heavy (non-hydrogen) atoms. The molecule has 1 N–H and O–H groups in total. The molecule has 2 aromatic heterocycles. The Kier molecular flexibility index (Phi) is 4.39. The van der Waals surface area contributed by atoms with Gasteiger partial charge in [-0.3, -0.25) is 14.9 Å². The fourth-order valence-electron chi connectivity index (χ4n) is 2.30. The van der Waals surface area contributed by atoms with Crippen molar-refractivity contribution in [2.24, 2.45) is 5.10 Å². The molecule has 0 aliphatic heterocycles. The van der Waals surface area contributed by atoms with Crippen molar-refractivity contribution in [2.75, 3.05) is 0 Å². The Balaban J connectivity index is 1.75. The minimum atomic E-state index is -0.454. The van der Waals surface area contributed by atoms with Crippen LogP contribution in [0.15, 0.2) is 47.7 Å². The summed E-state index contributed by atoms with van der Waals surface area (Å²) in [6.45, 7) is 2.84. The number of thiophene rings is 1. The summed E-state index contributed by atoms with van der Waals surface area (Å²) in [5, 5.41) is 15.4. The Hall–Kier alpha value is -3.00. The van der Waals surface area contributed by atoms with Crippen LogP contribution in [0, 0.1) is 10.1 Å². The first-order chi connectivity index (χ1) is 11.6. The number of rotatable bonds is 5. The number of nitro groups is 1. The van der Waals surface area contributed by atoms with Crippen LogP contribution >= 0.6 is 11.3 Å². The topological polar surface area (TPSA) is 89.5 Å². The zero-order valence-electron chi connectivity index (χ0n) is 12.8. The van der Waals surface area contributed by atoms with Crippen molar-refractivity contribution in [2.45, 2.75) is 13.5 Å². The van der Waals surface area contributed by atoms with Crippen molar-refractivity contribution in [1.29, 1.82) is 0 Å². The van der Waals surface area contributed by atoms with Crippen molar-refractivity contribution >= 4 is 39.2 Å². The number of fused-ring (bicyclic) bond motifs is 1. The predicted octanol–water partition coefficient (Wildman–Crippen LogP) is 3.39. The van der Waals surface area contributed by atoms with Gasteiger partial charge in [0.25, 0.3) is 11.6 Å². The Bertz CT molecular complexity index is 942. The van der Waals surface area contributed by atoms with Crippen LogP contribution in [0.25, 0.3) is 10.1 Å². The van der Waals surface area contributed by atoms with Crippen molar-refractivity contribution in [3.8, 4) is 0 Å². The lowest BCUT2D eigenvalue weighted by Gasteiger charge is -2.00. The normalized spacial score (nSPS) is 11.2. The monoisotopic (exact) mass is 342 g/mol. The molecule has 1 aromatic carbocycles. The minimum absolute atomic E-state index is 0.00519. The van der Waals surface area contributed by atoms with Gasteiger partial charge in [-0.2, -0.15) is 5.10 Å². The smallest absolute Gasteiger partial charge is 0.281 e. The summed E-state index contributed by atoms with van der Waals surface area (Å²) in [4.78, 5) is 23.0. The molecule has 0 saturated carbocycles. The number of nitrogens with zero attached hydrogens (tertiary/aromatic N) is 3. The molecular weight excluding hydrogens is 328 g/mol. The van der Waals surface area contributed by atoms with E-state index in [0.717, 1.165) is 16.9 Å². The third-order valence-corrected chi connectivity index (χ3v) is 4.62. The molecule has 1 amide bonds. The second kappa shape index (κ2) is 6.63. The van der Waals surface area contributed by atoms with E-state index in [1.54, 1.807) is 18.3 Å². The number of carbonyl (C=O) groups is 1. The quantitative estimate of drug-likeness (QED) is 0.438. The lowest BCUT2D eigenvalue weighted by Crippen LogP contribution is -2.16. The summed E-state index contributed by atoms with van der Waals surface area (Å²) in [5.41, 5.74) is 3.38. The summed E-state index contributed by atoms with van der Waals surface area (Å²) in [5.74, 6) is -0.343. The van der Waals surface area contributed by atoms with Crippen LogP contribution in [-0.2, 0) is 6.54 Å². The number of benzene rings is 1. The van der Waals surface area contributed by atoms with Crippen LogP contribution in [0.3, 0.4) is 0 Å². The molecule has 0 radical (unpaired) electrons. The molecule has 0 fully saturated rings. The van der Waals surface area contributed by atoms with Crippen LogP contribution in [0.5, 0.6) is 0 Å². The summed E-state index contributed by atoms with van der Waals surface area (Å²) < 4.78 is 2.81. The molecule has 2 heterocycles. The average Bonchev–Trinajstić information content (AvgIpc) is 3.19. The van der Waals surface area contributed by atoms with Crippen LogP contribution in [0.2, 0.25) is 0 Å². The van der Waals surface area contributed by atoms with Gasteiger partial charge >= 0.3 is 0 Å². The van der Waals surface area contributed by atoms with E-state index in [0.29, 0.717) is 10.3 Å². The van der Waals surface area contributed by atoms with Crippen LogP contribution in [0.1, 0.15) is 22.3 Å². The fraction of sp³-hybridized carbons (Fsp3) is 0.125. The van der Waals surface area contributed by atoms with Gasteiger partial charge in [0.1, 0.15) is 0 Å². The van der Waals surface area contributed by atoms with Gasteiger partial charge in [0, 0.05) is 35.0 Å². The van der Waals surface area contributed by atoms with Crippen molar-refractivity contribution < 1.29 is 9.72 Å². The first-order valence-electron chi connectivity index (χ1n) is 7.25. The van der Waals surface area contributed by atoms with E-state index in [4.69, 9.17) is 0 Å². The van der Waals surface area contributed by atoms with Crippen LogP contribution < -0.4 is 5.43 Å². The number of hydrogen-bond donors (Lipinski definition) is 1. The number of nitrogens with one attached hydrogen (secondary N) is 1. The summed E-state index contributed by atoms with van der Waals surface area (Å²) in [6.07, 6.45) is 3.52. The Morgan fingerprint density at radius 2 is 2.25 bits per heavy atom. The number of aromatic nitrogens is 1. The van der Waals surface area contributed by atoms with E-state index < -0.39 is 4.92 Å². The van der Waals surface area contributed by atoms with Gasteiger partial charge in [0.15, 0.2) is 0 Å². The van der Waals surface area contributed by atoms with E-state index in [9.17, 15) is 14.9 Å². The first-order valence-corrected chi connectivity index (χ1v) is 8.06. The fourth-order valence-corrected chi connectivity index (χ4v) is 3.23. The van der Waals surface area contributed by atoms with Crippen molar-refractivity contribution in [1.82, 2.24) is 9.99 Å². The molecule has 0 unspecified atom stereocenters. The Morgan fingerprint density at radius 1 is 1.42 bits per heavy atom. The molecule has 3 aromatic rings. The number of aryl methyl sites for hydroxylation is 1. The largest absolute Gasteiger partial charge is 0.347 e. The maximum atomic E-state index is 12.2. The molecule has 122 valence electrons. The molecule has 3 rings (SSSR count). The molecule has 8 heteroatoms. The second-order valence-electron chi connectivity index (χ2n) is 5.01. The predicted molar refractivity (Wildman–Crippen MR) is 93.6 cm³/mol. The number of hydrogen-bond acceptors (Lipinski definition) is 5. The number of hydrazone groups is 1. The molecule has 0 atom stereocenters. The molecular formula is C16H14N4O3S. The molecule has 0 saturated heterocycles.